The van der Waals surface area contributed by atoms with Crippen molar-refractivity contribution in [2.75, 3.05) is 0 Å². The lowest BCUT2D eigenvalue weighted by atomic mass is 9.81. The maximum atomic E-state index is 14.1. The first kappa shape index (κ1) is 22.7. The van der Waals surface area contributed by atoms with E-state index < -0.39 is 21.8 Å². The minimum atomic E-state index is -4.06. The smallest absolute Gasteiger partial charge is 0.266 e. The van der Waals surface area contributed by atoms with Gasteiger partial charge in [0.25, 0.3) is 10.0 Å². The Kier molecular flexibility index (Phi) is 5.51. The number of carbonyl (C=O) groups excluding carboxylic acids is 1. The van der Waals surface area contributed by atoms with Crippen LogP contribution in [-0.2, 0) is 21.4 Å². The van der Waals surface area contributed by atoms with E-state index in [9.17, 15) is 13.2 Å². The molecule has 0 radical (unpaired) electrons. The number of hydrogen-bond acceptors (Lipinski definition) is 4. The third kappa shape index (κ3) is 3.65. The van der Waals surface area contributed by atoms with Crippen molar-refractivity contribution >= 4 is 38.0 Å². The molecule has 1 amide bonds. The summed E-state index contributed by atoms with van der Waals surface area (Å²) >= 11 is 1.48. The first-order valence-corrected chi connectivity index (χ1v) is 14.0. The van der Waals surface area contributed by atoms with Gasteiger partial charge < -0.3 is 0 Å². The monoisotopic (exact) mass is 509 g/mol. The molecule has 6 rings (SSSR count). The molecule has 0 bridgehead atoms. The van der Waals surface area contributed by atoms with Crippen molar-refractivity contribution in [2.24, 2.45) is 0 Å². The van der Waals surface area contributed by atoms with Gasteiger partial charge in [0.15, 0.2) is 0 Å². The van der Waals surface area contributed by atoms with Gasteiger partial charge in [-0.3, -0.25) is 4.79 Å². The third-order valence-corrected chi connectivity index (χ3v) is 9.50. The van der Waals surface area contributed by atoms with E-state index in [4.69, 9.17) is 0 Å². The zero-order valence-corrected chi connectivity index (χ0v) is 21.2. The predicted molar refractivity (Wildman–Crippen MR) is 144 cm³/mol. The number of hydrogen-bond donors (Lipinski definition) is 0. The minimum absolute atomic E-state index is 0.0126. The van der Waals surface area contributed by atoms with E-state index in [2.05, 4.69) is 6.07 Å². The van der Waals surface area contributed by atoms with E-state index in [0.717, 1.165) is 47.8 Å². The van der Waals surface area contributed by atoms with Gasteiger partial charge in [0.05, 0.1) is 17.4 Å². The van der Waals surface area contributed by atoms with Crippen LogP contribution in [-0.4, -0.2) is 18.6 Å². The van der Waals surface area contributed by atoms with E-state index in [1.165, 1.54) is 11.3 Å². The van der Waals surface area contributed by atoms with Gasteiger partial charge in [-0.2, -0.15) is 0 Å². The summed E-state index contributed by atoms with van der Waals surface area (Å²) in [6, 6.07) is 30.6. The van der Waals surface area contributed by atoms with Gasteiger partial charge in [-0.15, -0.1) is 11.3 Å². The summed E-state index contributed by atoms with van der Waals surface area (Å²) in [5.74, 6) is -1.12. The molecule has 1 aromatic heterocycles. The van der Waals surface area contributed by atoms with Crippen LogP contribution >= 0.6 is 11.3 Å². The first-order chi connectivity index (χ1) is 17.4. The summed E-state index contributed by atoms with van der Waals surface area (Å²) in [7, 11) is -4.06. The van der Waals surface area contributed by atoms with E-state index in [1.807, 2.05) is 79.0 Å². The van der Waals surface area contributed by atoms with Crippen LogP contribution in [0.5, 0.6) is 0 Å². The highest BCUT2D eigenvalue weighted by Crippen LogP contribution is 2.45. The Morgan fingerprint density at radius 1 is 0.861 bits per heavy atom. The maximum Gasteiger partial charge on any atom is 0.266 e. The number of nitrogens with zero attached hydrogens (tertiary/aromatic N) is 1. The molecule has 0 N–H and O–H groups in total. The number of carbonyl (C=O) groups is 1. The molecular weight excluding hydrogens is 486 g/mol. The molecule has 4 nitrogen and oxygen atoms in total. The molecule has 1 unspecified atom stereocenters. The van der Waals surface area contributed by atoms with Crippen LogP contribution in [0.1, 0.15) is 27.5 Å². The summed E-state index contributed by atoms with van der Waals surface area (Å²) < 4.78 is 28.8. The van der Waals surface area contributed by atoms with Crippen LogP contribution in [0.2, 0.25) is 0 Å². The van der Waals surface area contributed by atoms with Gasteiger partial charge >= 0.3 is 0 Å². The van der Waals surface area contributed by atoms with Crippen molar-refractivity contribution in [3.8, 4) is 11.1 Å². The van der Waals surface area contributed by atoms with E-state index in [0.29, 0.717) is 0 Å². The number of benzene rings is 4. The molecule has 1 aliphatic heterocycles. The van der Waals surface area contributed by atoms with Gasteiger partial charge in [0, 0.05) is 4.88 Å². The number of rotatable bonds is 4. The fourth-order valence-electron chi connectivity index (χ4n) is 5.04. The number of amides is 1. The Bertz CT molecular complexity index is 1690. The molecule has 0 saturated heterocycles. The van der Waals surface area contributed by atoms with Gasteiger partial charge in [-0.25, -0.2) is 12.7 Å². The van der Waals surface area contributed by atoms with Crippen molar-refractivity contribution in [1.29, 1.82) is 0 Å². The molecule has 1 aliphatic rings. The molecule has 0 saturated carbocycles. The summed E-state index contributed by atoms with van der Waals surface area (Å²) in [6.45, 7) is 1.89. The van der Waals surface area contributed by atoms with E-state index in [-0.39, 0.29) is 11.4 Å². The molecule has 0 aliphatic carbocycles. The molecule has 4 aromatic carbocycles. The molecule has 1 atom stereocenters. The Labute approximate surface area is 214 Å². The van der Waals surface area contributed by atoms with Crippen molar-refractivity contribution in [3.63, 3.8) is 0 Å². The van der Waals surface area contributed by atoms with Crippen LogP contribution in [0.3, 0.4) is 0 Å². The average Bonchev–Trinajstić information content (AvgIpc) is 3.43. The van der Waals surface area contributed by atoms with Crippen LogP contribution in [0.4, 0.5) is 0 Å². The van der Waals surface area contributed by atoms with Crippen molar-refractivity contribution < 1.29 is 13.2 Å². The quantitative estimate of drug-likeness (QED) is 0.270. The lowest BCUT2D eigenvalue weighted by molar-refractivity contribution is -0.128. The zero-order valence-electron chi connectivity index (χ0n) is 19.6. The van der Waals surface area contributed by atoms with Gasteiger partial charge in [0.1, 0.15) is 0 Å². The van der Waals surface area contributed by atoms with E-state index in [1.54, 1.807) is 24.3 Å². The second-order valence-corrected chi connectivity index (χ2v) is 11.9. The van der Waals surface area contributed by atoms with Crippen LogP contribution in [0.25, 0.3) is 21.9 Å². The van der Waals surface area contributed by atoms with Gasteiger partial charge in [-0.1, -0.05) is 78.4 Å². The Balaban J connectivity index is 1.65. The number of aryl methyl sites for hydroxylation is 1. The SMILES string of the molecule is Cc1ccc(S(=O)(=O)N2Cc3c(-c4ccccc4)cc4ccccc4c3C(c3cccs3)C2=O)cc1. The Hall–Kier alpha value is -3.74. The standard InChI is InChI=1S/C30H23NO3S2/c1-20-13-15-23(16-14-20)36(33,34)31-19-26-25(21-8-3-2-4-9-21)18-22-10-5-6-11-24(22)28(26)29(30(31)32)27-12-7-17-35-27/h2-18,29H,19H2,1H3. The average molecular weight is 510 g/mol. The predicted octanol–water partition coefficient (Wildman–Crippen LogP) is 6.74. The molecular formula is C30H23NO3S2. The largest absolute Gasteiger partial charge is 0.273 e. The third-order valence-electron chi connectivity index (χ3n) is 6.81. The van der Waals surface area contributed by atoms with Crippen LogP contribution < -0.4 is 0 Å². The lowest BCUT2D eigenvalue weighted by Gasteiger charge is -2.35. The highest BCUT2D eigenvalue weighted by Gasteiger charge is 2.43. The number of thiophene rings is 1. The van der Waals surface area contributed by atoms with Crippen molar-refractivity contribution in [2.45, 2.75) is 24.3 Å². The molecule has 2 heterocycles. The van der Waals surface area contributed by atoms with Gasteiger partial charge in [0.2, 0.25) is 5.91 Å². The second-order valence-electron chi connectivity index (χ2n) is 9.01. The second kappa shape index (κ2) is 8.73. The minimum Gasteiger partial charge on any atom is -0.273 e. The highest BCUT2D eigenvalue weighted by molar-refractivity contribution is 7.89. The molecule has 36 heavy (non-hydrogen) atoms. The topological polar surface area (TPSA) is 54.5 Å². The first-order valence-electron chi connectivity index (χ1n) is 11.7. The Morgan fingerprint density at radius 2 is 1.58 bits per heavy atom. The highest BCUT2D eigenvalue weighted by atomic mass is 32.2. The number of fused-ring (bicyclic) bond motifs is 3. The van der Waals surface area contributed by atoms with Gasteiger partial charge in [-0.05, 0) is 69.6 Å². The molecule has 5 aromatic rings. The van der Waals surface area contributed by atoms with Crippen molar-refractivity contribution in [1.82, 2.24) is 4.31 Å². The van der Waals surface area contributed by atoms with Crippen LogP contribution in [0.15, 0.2) is 107 Å². The summed E-state index contributed by atoms with van der Waals surface area (Å²) in [5, 5.41) is 3.93. The number of sulfonamides is 1. The fourth-order valence-corrected chi connectivity index (χ4v) is 7.25. The molecule has 178 valence electrons. The summed E-state index contributed by atoms with van der Waals surface area (Å²) in [5.41, 5.74) is 4.66. The lowest BCUT2D eigenvalue weighted by Crippen LogP contribution is -2.43. The maximum absolute atomic E-state index is 14.1. The normalized spacial score (nSPS) is 15.8. The molecule has 0 spiro atoms. The molecule has 0 fully saturated rings. The Morgan fingerprint density at radius 3 is 2.31 bits per heavy atom. The van der Waals surface area contributed by atoms with E-state index >= 15 is 0 Å². The van der Waals surface area contributed by atoms with Crippen molar-refractivity contribution in [3.05, 3.63) is 124 Å². The molecule has 6 heteroatoms. The fraction of sp³-hybridized carbons (Fsp3) is 0.100. The summed E-state index contributed by atoms with van der Waals surface area (Å²) in [6.07, 6.45) is 0. The zero-order chi connectivity index (χ0) is 24.9. The van der Waals surface area contributed by atoms with Crippen LogP contribution in [0, 0.1) is 6.92 Å². The summed E-state index contributed by atoms with van der Waals surface area (Å²) in [4.78, 5) is 15.1.